The third-order valence-corrected chi connectivity index (χ3v) is 4.80. The molecule has 1 unspecified atom stereocenters. The summed E-state index contributed by atoms with van der Waals surface area (Å²) in [6.07, 6.45) is 6.59. The second-order valence-electron chi connectivity index (χ2n) is 6.18. The largest absolute Gasteiger partial charge is 0.350 e. The number of para-hydroxylation sites is 1. The molecule has 4 rings (SSSR count). The van der Waals surface area contributed by atoms with E-state index in [1.807, 2.05) is 43.3 Å². The van der Waals surface area contributed by atoms with Gasteiger partial charge in [0.15, 0.2) is 0 Å². The molecule has 4 nitrogen and oxygen atoms in total. The average molecular weight is 305 g/mol. The van der Waals surface area contributed by atoms with E-state index in [1.54, 1.807) is 6.20 Å². The van der Waals surface area contributed by atoms with E-state index in [1.165, 1.54) is 0 Å². The lowest BCUT2D eigenvalue weighted by Gasteiger charge is -2.21. The Labute approximate surface area is 135 Å². The highest BCUT2D eigenvalue weighted by Crippen LogP contribution is 2.33. The highest BCUT2D eigenvalue weighted by atomic mass is 16.2. The second kappa shape index (κ2) is 5.23. The van der Waals surface area contributed by atoms with Gasteiger partial charge in [-0.05, 0) is 36.6 Å². The number of carbonyl (C=O) groups excluding carboxylic acids is 1. The summed E-state index contributed by atoms with van der Waals surface area (Å²) in [6.45, 7) is 2.75. The lowest BCUT2D eigenvalue weighted by Crippen LogP contribution is -2.32. The van der Waals surface area contributed by atoms with Crippen LogP contribution in [0.1, 0.15) is 24.0 Å². The minimum atomic E-state index is -0.166. The molecule has 3 aromatic rings. The van der Waals surface area contributed by atoms with E-state index in [4.69, 9.17) is 0 Å². The lowest BCUT2D eigenvalue weighted by atomic mass is 9.99. The van der Waals surface area contributed by atoms with Gasteiger partial charge in [-0.2, -0.15) is 0 Å². The molecule has 1 aromatic carbocycles. The fourth-order valence-corrected chi connectivity index (χ4v) is 3.54. The van der Waals surface area contributed by atoms with E-state index in [-0.39, 0.29) is 11.8 Å². The van der Waals surface area contributed by atoms with Gasteiger partial charge in [0.1, 0.15) is 0 Å². The summed E-state index contributed by atoms with van der Waals surface area (Å²) in [7, 11) is 2.03. The Hall–Kier alpha value is -2.62. The fraction of sp³-hybridized carbons (Fsp3) is 0.263. The number of aryl methyl sites for hydroxylation is 1. The topological polar surface area (TPSA) is 38.1 Å². The molecule has 3 heterocycles. The predicted octanol–water partition coefficient (Wildman–Crippen LogP) is 3.27. The molecule has 0 saturated carbocycles. The van der Waals surface area contributed by atoms with Gasteiger partial charge in [0.25, 0.3) is 0 Å². The number of fused-ring (bicyclic) bond motifs is 2. The van der Waals surface area contributed by atoms with Crippen LogP contribution in [0.15, 0.2) is 48.9 Å². The van der Waals surface area contributed by atoms with Crippen molar-refractivity contribution >= 4 is 22.5 Å². The van der Waals surface area contributed by atoms with Crippen LogP contribution < -0.4 is 4.90 Å². The summed E-state index contributed by atoms with van der Waals surface area (Å²) in [6, 6.07) is 10.2. The van der Waals surface area contributed by atoms with Crippen LogP contribution in [0.5, 0.6) is 0 Å². The summed E-state index contributed by atoms with van der Waals surface area (Å²) < 4.78 is 2.09. The number of carbonyl (C=O) groups is 1. The van der Waals surface area contributed by atoms with E-state index in [9.17, 15) is 4.79 Å². The molecular formula is C19H19N3O. The molecule has 4 heteroatoms. The van der Waals surface area contributed by atoms with E-state index < -0.39 is 0 Å². The molecule has 0 N–H and O–H groups in total. The van der Waals surface area contributed by atoms with Crippen molar-refractivity contribution in [2.24, 2.45) is 7.05 Å². The number of hydrogen-bond donors (Lipinski definition) is 0. The number of hydrogen-bond acceptors (Lipinski definition) is 2. The van der Waals surface area contributed by atoms with E-state index in [0.29, 0.717) is 0 Å². The maximum absolute atomic E-state index is 13.1. The predicted molar refractivity (Wildman–Crippen MR) is 91.6 cm³/mol. The molecule has 2 aromatic heterocycles. The lowest BCUT2D eigenvalue weighted by molar-refractivity contribution is -0.119. The zero-order chi connectivity index (χ0) is 16.0. The molecule has 1 aliphatic heterocycles. The minimum absolute atomic E-state index is 0.159. The standard InChI is InChI=1S/C19H19N3O/c1-13(16-12-21(2)18-6-4-3-5-15(16)18)19(23)22-10-8-14-11-20-9-7-17(14)22/h3-7,9,11-13H,8,10H2,1-2H3. The molecule has 1 aliphatic rings. The number of nitrogens with zero attached hydrogens (tertiary/aromatic N) is 3. The first-order valence-electron chi connectivity index (χ1n) is 7.95. The molecule has 1 atom stereocenters. The van der Waals surface area contributed by atoms with Crippen molar-refractivity contribution in [1.29, 1.82) is 0 Å². The third kappa shape index (κ3) is 2.13. The molecule has 116 valence electrons. The Bertz CT molecular complexity index is 897. The van der Waals surface area contributed by atoms with Crippen molar-refractivity contribution < 1.29 is 4.79 Å². The Morgan fingerprint density at radius 1 is 1.26 bits per heavy atom. The van der Waals surface area contributed by atoms with Crippen molar-refractivity contribution in [3.05, 3.63) is 60.0 Å². The monoisotopic (exact) mass is 305 g/mol. The van der Waals surface area contributed by atoms with Crippen molar-refractivity contribution in [3.63, 3.8) is 0 Å². The molecule has 1 amide bonds. The second-order valence-corrected chi connectivity index (χ2v) is 6.18. The minimum Gasteiger partial charge on any atom is -0.350 e. The van der Waals surface area contributed by atoms with Crippen LogP contribution in [0.4, 0.5) is 5.69 Å². The van der Waals surface area contributed by atoms with Gasteiger partial charge in [-0.25, -0.2) is 0 Å². The zero-order valence-corrected chi connectivity index (χ0v) is 13.4. The highest BCUT2D eigenvalue weighted by Gasteiger charge is 2.30. The Balaban J connectivity index is 1.72. The van der Waals surface area contributed by atoms with Gasteiger partial charge < -0.3 is 9.47 Å². The molecule has 0 saturated heterocycles. The molecule has 0 spiro atoms. The zero-order valence-electron chi connectivity index (χ0n) is 13.4. The number of rotatable bonds is 2. The first-order valence-corrected chi connectivity index (χ1v) is 7.95. The first kappa shape index (κ1) is 14.0. The summed E-state index contributed by atoms with van der Waals surface area (Å²) in [4.78, 5) is 19.1. The smallest absolute Gasteiger partial charge is 0.234 e. The van der Waals surface area contributed by atoms with Crippen LogP contribution in [0.25, 0.3) is 10.9 Å². The van der Waals surface area contributed by atoms with Gasteiger partial charge in [0.2, 0.25) is 5.91 Å². The maximum Gasteiger partial charge on any atom is 0.234 e. The van der Waals surface area contributed by atoms with Crippen LogP contribution >= 0.6 is 0 Å². The third-order valence-electron chi connectivity index (χ3n) is 4.80. The van der Waals surface area contributed by atoms with Gasteiger partial charge in [-0.15, -0.1) is 0 Å². The Morgan fingerprint density at radius 2 is 2.09 bits per heavy atom. The van der Waals surface area contributed by atoms with Crippen LogP contribution in [-0.4, -0.2) is 22.0 Å². The van der Waals surface area contributed by atoms with Crippen LogP contribution in [0.3, 0.4) is 0 Å². The highest BCUT2D eigenvalue weighted by molar-refractivity contribution is 6.02. The summed E-state index contributed by atoms with van der Waals surface area (Å²) >= 11 is 0. The van der Waals surface area contributed by atoms with E-state index in [2.05, 4.69) is 27.9 Å². The van der Waals surface area contributed by atoms with E-state index >= 15 is 0 Å². The van der Waals surface area contributed by atoms with Gasteiger partial charge in [0.05, 0.1) is 5.92 Å². The Kier molecular flexibility index (Phi) is 3.18. The van der Waals surface area contributed by atoms with Gasteiger partial charge in [0, 0.05) is 48.8 Å². The fourth-order valence-electron chi connectivity index (χ4n) is 3.54. The first-order chi connectivity index (χ1) is 11.2. The summed E-state index contributed by atoms with van der Waals surface area (Å²) in [5.41, 5.74) is 4.42. The SMILES string of the molecule is CC(C(=O)N1CCc2cnccc21)c1cn(C)c2ccccc12. The van der Waals surface area contributed by atoms with Gasteiger partial charge >= 0.3 is 0 Å². The summed E-state index contributed by atoms with van der Waals surface area (Å²) in [5.74, 6) is -0.00785. The van der Waals surface area contributed by atoms with Crippen molar-refractivity contribution in [1.82, 2.24) is 9.55 Å². The quantitative estimate of drug-likeness (QED) is 0.729. The molecule has 0 aliphatic carbocycles. The maximum atomic E-state index is 13.1. The Morgan fingerprint density at radius 3 is 2.96 bits per heavy atom. The number of anilines is 1. The van der Waals surface area contributed by atoms with Gasteiger partial charge in [-0.1, -0.05) is 18.2 Å². The molecule has 0 fully saturated rings. The average Bonchev–Trinajstić information content (AvgIpc) is 3.16. The molecular weight excluding hydrogens is 286 g/mol. The number of amides is 1. The van der Waals surface area contributed by atoms with Crippen LogP contribution in [0, 0.1) is 0 Å². The van der Waals surface area contributed by atoms with Gasteiger partial charge in [-0.3, -0.25) is 9.78 Å². The van der Waals surface area contributed by atoms with E-state index in [0.717, 1.165) is 40.7 Å². The molecule has 0 radical (unpaired) electrons. The normalized spacial score (nSPS) is 15.0. The number of aromatic nitrogens is 2. The molecule has 23 heavy (non-hydrogen) atoms. The number of benzene rings is 1. The number of pyridine rings is 1. The van der Waals surface area contributed by atoms with Crippen LogP contribution in [0.2, 0.25) is 0 Å². The van der Waals surface area contributed by atoms with Crippen molar-refractivity contribution in [3.8, 4) is 0 Å². The molecule has 0 bridgehead atoms. The van der Waals surface area contributed by atoms with Crippen molar-refractivity contribution in [2.75, 3.05) is 11.4 Å². The van der Waals surface area contributed by atoms with Crippen molar-refractivity contribution in [2.45, 2.75) is 19.3 Å². The van der Waals surface area contributed by atoms with Crippen LogP contribution in [-0.2, 0) is 18.3 Å². The summed E-state index contributed by atoms with van der Waals surface area (Å²) in [5, 5.41) is 1.16.